The number of fused-ring (bicyclic) bond motifs is 1. The molecule has 2 heterocycles. The van der Waals surface area contributed by atoms with E-state index in [1.807, 2.05) is 48.7 Å². The lowest BCUT2D eigenvalue weighted by Gasteiger charge is -2.22. The Labute approximate surface area is 264 Å². The van der Waals surface area contributed by atoms with Gasteiger partial charge < -0.3 is 14.4 Å². The van der Waals surface area contributed by atoms with Crippen LogP contribution < -0.4 is 18.8 Å². The fourth-order valence-electron chi connectivity index (χ4n) is 5.79. The van der Waals surface area contributed by atoms with Crippen molar-refractivity contribution in [2.45, 2.75) is 104 Å². The highest BCUT2D eigenvalue weighted by atomic mass is 16.5. The average Bonchev–Trinajstić information content (AvgIpc) is 3.45. The van der Waals surface area contributed by atoms with E-state index in [0.717, 1.165) is 46.9 Å². The largest absolute Gasteiger partial charge is 0.493 e. The van der Waals surface area contributed by atoms with Crippen LogP contribution in [-0.4, -0.2) is 24.6 Å². The second-order valence-electron chi connectivity index (χ2n) is 11.9. The van der Waals surface area contributed by atoms with E-state index in [0.29, 0.717) is 13.2 Å². The minimum atomic E-state index is -0.00144. The van der Waals surface area contributed by atoms with E-state index < -0.39 is 0 Å². The van der Waals surface area contributed by atoms with Crippen LogP contribution in [-0.2, 0) is 17.8 Å². The second kappa shape index (κ2) is 18.1. The summed E-state index contributed by atoms with van der Waals surface area (Å²) in [5, 5.41) is 0. The number of rotatable bonds is 20. The summed E-state index contributed by atoms with van der Waals surface area (Å²) in [6.07, 6.45) is 20.7. The van der Waals surface area contributed by atoms with Gasteiger partial charge in [-0.25, -0.2) is 4.98 Å². The number of ether oxygens (including phenoxy) is 2. The first kappa shape index (κ1) is 33.1. The highest BCUT2D eigenvalue weighted by Crippen LogP contribution is 2.30. The molecule has 6 nitrogen and oxygen atoms in total. The predicted octanol–water partition coefficient (Wildman–Crippen LogP) is 8.99. The van der Waals surface area contributed by atoms with E-state index in [4.69, 9.17) is 9.47 Å². The van der Waals surface area contributed by atoms with Gasteiger partial charge in [-0.3, -0.25) is 4.79 Å². The molecule has 4 aromatic rings. The molecular weight excluding hydrogens is 546 g/mol. The quantitative estimate of drug-likeness (QED) is 0.0816. The highest BCUT2D eigenvalue weighted by molar-refractivity contribution is 5.91. The number of amides is 1. The number of nitrogens with zero attached hydrogens (tertiary/aromatic N) is 2. The number of unbranched alkanes of at least 4 members (excludes halogenated alkanes) is 11. The molecule has 1 amide bonds. The van der Waals surface area contributed by atoms with Gasteiger partial charge in [0, 0.05) is 12.6 Å². The van der Waals surface area contributed by atoms with Crippen LogP contribution >= 0.6 is 0 Å². The molecule has 0 aliphatic heterocycles. The Morgan fingerprint density at radius 3 is 2.11 bits per heavy atom. The Bertz CT molecular complexity index is 1410. The number of nitrogens with one attached hydrogen (secondary N) is 1. The van der Waals surface area contributed by atoms with Crippen molar-refractivity contribution >= 4 is 17.1 Å². The third kappa shape index (κ3) is 10.1. The number of aromatic nitrogens is 2. The number of benzene rings is 2. The van der Waals surface area contributed by atoms with Gasteiger partial charge in [0.05, 0.1) is 32.9 Å². The van der Waals surface area contributed by atoms with Crippen LogP contribution in [0.25, 0.3) is 5.52 Å². The van der Waals surface area contributed by atoms with Crippen LogP contribution in [0.5, 0.6) is 11.5 Å². The van der Waals surface area contributed by atoms with Gasteiger partial charge in [-0.1, -0.05) is 102 Å². The van der Waals surface area contributed by atoms with Crippen LogP contribution in [0.15, 0.2) is 73.1 Å². The lowest BCUT2D eigenvalue weighted by Crippen LogP contribution is -2.27. The maximum atomic E-state index is 12.7. The number of hydrogen-bond acceptors (Lipinski definition) is 3. The van der Waals surface area contributed by atoms with Gasteiger partial charge in [0.1, 0.15) is 6.20 Å². The predicted molar refractivity (Wildman–Crippen MR) is 180 cm³/mol. The Hall–Kier alpha value is -3.80. The van der Waals surface area contributed by atoms with Gasteiger partial charge in [0.2, 0.25) is 5.91 Å². The summed E-state index contributed by atoms with van der Waals surface area (Å²) in [5.74, 6) is 2.58. The molecule has 0 atom stereocenters. The SMILES string of the molecule is CCCCCCCCCCCCCCOc1cc(CN(C(C)=O)c2ccc(Cc3[nH]cc4cccc[n+]34)cc2)ccc1OC. The number of carbonyl (C=O) groups is 1. The van der Waals surface area contributed by atoms with Gasteiger partial charge >= 0.3 is 0 Å². The minimum Gasteiger partial charge on any atom is -0.493 e. The smallest absolute Gasteiger partial charge is 0.263 e. The van der Waals surface area contributed by atoms with Crippen molar-refractivity contribution < 1.29 is 18.7 Å². The first-order valence-electron chi connectivity index (χ1n) is 16.7. The number of carbonyl (C=O) groups excluding carboxylic acids is 1. The van der Waals surface area contributed by atoms with Crippen molar-refractivity contribution in [3.8, 4) is 11.5 Å². The summed E-state index contributed by atoms with van der Waals surface area (Å²) in [5.41, 5.74) is 4.19. The van der Waals surface area contributed by atoms with Crippen molar-refractivity contribution in [2.24, 2.45) is 0 Å². The molecule has 0 bridgehead atoms. The Kier molecular flexibility index (Phi) is 13.6. The van der Waals surface area contributed by atoms with Gasteiger partial charge in [-0.05, 0) is 53.9 Å². The molecule has 44 heavy (non-hydrogen) atoms. The molecule has 0 saturated carbocycles. The van der Waals surface area contributed by atoms with Crippen LogP contribution in [0.1, 0.15) is 108 Å². The van der Waals surface area contributed by atoms with Gasteiger partial charge in [-0.2, -0.15) is 4.40 Å². The maximum Gasteiger partial charge on any atom is 0.263 e. The molecular formula is C38H52N3O3+. The van der Waals surface area contributed by atoms with E-state index in [9.17, 15) is 4.79 Å². The van der Waals surface area contributed by atoms with Crippen LogP contribution in [0.3, 0.4) is 0 Å². The molecule has 0 aliphatic rings. The lowest BCUT2D eigenvalue weighted by atomic mass is 10.1. The van der Waals surface area contributed by atoms with Crippen LogP contribution in [0, 0.1) is 0 Å². The number of hydrogen-bond donors (Lipinski definition) is 1. The molecule has 4 rings (SSSR count). The molecule has 236 valence electrons. The number of imidazole rings is 1. The number of pyridine rings is 1. The molecule has 0 saturated heterocycles. The van der Waals surface area contributed by atoms with Crippen LogP contribution in [0.2, 0.25) is 0 Å². The molecule has 6 heteroatoms. The highest BCUT2D eigenvalue weighted by Gasteiger charge is 2.16. The standard InChI is InChI=1S/C38H51N3O3/c1-4-5-6-7-8-9-10-11-12-13-14-17-26-44-37-27-33(21-24-36(37)43-3)30-41(31(2)42)34-22-19-32(20-23-34)28-38-39-29-35-18-15-16-25-40(35)38/h15-16,18-25,27,29H,4-14,17,26,28,30H2,1-3H3/p+1. The Morgan fingerprint density at radius 1 is 0.795 bits per heavy atom. The van der Waals surface area contributed by atoms with Crippen molar-refractivity contribution in [2.75, 3.05) is 18.6 Å². The summed E-state index contributed by atoms with van der Waals surface area (Å²) >= 11 is 0. The summed E-state index contributed by atoms with van der Waals surface area (Å²) < 4.78 is 13.9. The molecule has 0 fully saturated rings. The van der Waals surface area contributed by atoms with Gasteiger partial charge in [-0.15, -0.1) is 0 Å². The van der Waals surface area contributed by atoms with E-state index in [1.165, 1.54) is 76.2 Å². The molecule has 0 radical (unpaired) electrons. The zero-order chi connectivity index (χ0) is 31.0. The van der Waals surface area contributed by atoms with E-state index >= 15 is 0 Å². The van der Waals surface area contributed by atoms with Crippen molar-refractivity contribution in [1.29, 1.82) is 0 Å². The molecule has 2 aromatic heterocycles. The molecule has 0 spiro atoms. The topological polar surface area (TPSA) is 58.7 Å². The summed E-state index contributed by atoms with van der Waals surface area (Å²) in [7, 11) is 1.67. The maximum absolute atomic E-state index is 12.7. The van der Waals surface area contributed by atoms with E-state index in [1.54, 1.807) is 18.9 Å². The number of aromatic amines is 1. The first-order chi connectivity index (χ1) is 21.6. The van der Waals surface area contributed by atoms with E-state index in [2.05, 4.69) is 40.7 Å². The fourth-order valence-corrected chi connectivity index (χ4v) is 5.79. The lowest BCUT2D eigenvalue weighted by molar-refractivity contribution is -0.520. The Balaban J connectivity index is 1.24. The Morgan fingerprint density at radius 2 is 1.45 bits per heavy atom. The molecule has 1 N–H and O–H groups in total. The molecule has 0 aliphatic carbocycles. The second-order valence-corrected chi connectivity index (χ2v) is 11.9. The number of H-pyrrole nitrogens is 1. The van der Waals surface area contributed by atoms with Gasteiger partial charge in [0.15, 0.2) is 17.0 Å². The van der Waals surface area contributed by atoms with Crippen molar-refractivity contribution in [3.63, 3.8) is 0 Å². The number of methoxy groups -OCH3 is 1. The fraction of sp³-hybridized carbons (Fsp3) is 0.474. The minimum absolute atomic E-state index is 0.00144. The average molecular weight is 599 g/mol. The zero-order valence-corrected chi connectivity index (χ0v) is 27.2. The van der Waals surface area contributed by atoms with Crippen molar-refractivity contribution in [3.05, 3.63) is 90.0 Å². The van der Waals surface area contributed by atoms with E-state index in [-0.39, 0.29) is 5.91 Å². The summed E-state index contributed by atoms with van der Waals surface area (Å²) in [6, 6.07) is 20.4. The molecule has 0 unspecified atom stereocenters. The third-order valence-corrected chi connectivity index (χ3v) is 8.39. The van der Waals surface area contributed by atoms with Crippen LogP contribution in [0.4, 0.5) is 5.69 Å². The first-order valence-corrected chi connectivity index (χ1v) is 16.7. The monoisotopic (exact) mass is 598 g/mol. The third-order valence-electron chi connectivity index (χ3n) is 8.39. The summed E-state index contributed by atoms with van der Waals surface area (Å²) in [6.45, 7) is 5.02. The van der Waals surface area contributed by atoms with Gasteiger partial charge in [0.25, 0.3) is 5.82 Å². The number of anilines is 1. The molecule has 2 aromatic carbocycles. The van der Waals surface area contributed by atoms with Crippen molar-refractivity contribution in [1.82, 2.24) is 4.98 Å². The summed E-state index contributed by atoms with van der Waals surface area (Å²) in [4.78, 5) is 17.9. The normalized spacial score (nSPS) is 11.2. The zero-order valence-electron chi connectivity index (χ0n) is 27.2.